The van der Waals surface area contributed by atoms with Gasteiger partial charge >= 0.3 is 6.18 Å². The Balaban J connectivity index is 1.22. The van der Waals surface area contributed by atoms with E-state index in [-0.39, 0.29) is 17.0 Å². The van der Waals surface area contributed by atoms with Crippen LogP contribution in [0.3, 0.4) is 0 Å². The summed E-state index contributed by atoms with van der Waals surface area (Å²) in [5, 5.41) is 15.3. The summed E-state index contributed by atoms with van der Waals surface area (Å²) < 4.78 is 44.0. The molecule has 0 amide bonds. The molecule has 0 bridgehead atoms. The number of halogens is 4. The van der Waals surface area contributed by atoms with E-state index in [0.717, 1.165) is 28.0 Å². The van der Waals surface area contributed by atoms with Crippen molar-refractivity contribution in [2.75, 3.05) is 19.1 Å². The van der Waals surface area contributed by atoms with Gasteiger partial charge in [0.25, 0.3) is 0 Å². The van der Waals surface area contributed by atoms with Gasteiger partial charge in [0.1, 0.15) is 17.0 Å². The zero-order chi connectivity index (χ0) is 27.7. The van der Waals surface area contributed by atoms with E-state index in [2.05, 4.69) is 20.3 Å². The number of ether oxygens (including phenoxy) is 1. The first kappa shape index (κ1) is 27.6. The first-order chi connectivity index (χ1) is 18.6. The van der Waals surface area contributed by atoms with Crippen LogP contribution in [0.5, 0.6) is 5.75 Å². The lowest BCUT2D eigenvalue weighted by atomic mass is 10.1. The molecule has 1 fully saturated rings. The summed E-state index contributed by atoms with van der Waals surface area (Å²) in [4.78, 5) is 15.2. The van der Waals surface area contributed by atoms with E-state index in [1.807, 2.05) is 42.3 Å². The van der Waals surface area contributed by atoms with E-state index in [0.29, 0.717) is 46.3 Å². The molecule has 206 valence electrons. The van der Waals surface area contributed by atoms with Crippen LogP contribution in [-0.2, 0) is 13.0 Å². The largest absolute Gasteiger partial charge is 0.494 e. The van der Waals surface area contributed by atoms with Crippen LogP contribution in [-0.4, -0.2) is 58.6 Å². The molecule has 39 heavy (non-hydrogen) atoms. The molecular weight excluding hydrogens is 551 g/mol. The molecule has 1 aromatic carbocycles. The number of hydrogen-bond donors (Lipinski definition) is 2. The molecule has 3 aromatic heterocycles. The number of nitrogens with zero attached hydrogens (tertiary/aromatic N) is 4. The van der Waals surface area contributed by atoms with Crippen molar-refractivity contribution in [2.24, 2.45) is 0 Å². The molecule has 0 saturated heterocycles. The molecule has 0 unspecified atom stereocenters. The highest BCUT2D eigenvalue weighted by Crippen LogP contribution is 2.36. The lowest BCUT2D eigenvalue weighted by molar-refractivity contribution is -0.126. The van der Waals surface area contributed by atoms with Crippen LogP contribution in [0.1, 0.15) is 23.3 Å². The molecule has 5 rings (SSSR count). The van der Waals surface area contributed by atoms with Gasteiger partial charge in [0.15, 0.2) is 10.9 Å². The molecule has 1 saturated carbocycles. The molecule has 3 atom stereocenters. The van der Waals surface area contributed by atoms with E-state index in [9.17, 15) is 18.3 Å². The highest BCUT2D eigenvalue weighted by Gasteiger charge is 2.37. The zero-order valence-corrected chi connectivity index (χ0v) is 22.8. The van der Waals surface area contributed by atoms with Crippen LogP contribution in [0.25, 0.3) is 21.3 Å². The summed E-state index contributed by atoms with van der Waals surface area (Å²) in [5.74, 6) is 1.04. The lowest BCUT2D eigenvalue weighted by Gasteiger charge is -2.28. The summed E-state index contributed by atoms with van der Waals surface area (Å²) in [6, 6.07) is 11.3. The zero-order valence-electron chi connectivity index (χ0n) is 21.2. The highest BCUT2D eigenvalue weighted by atomic mass is 35.5. The van der Waals surface area contributed by atoms with Gasteiger partial charge in [-0.3, -0.25) is 0 Å². The Bertz CT molecular complexity index is 1450. The van der Waals surface area contributed by atoms with Gasteiger partial charge in [-0.2, -0.15) is 13.2 Å². The molecule has 2 N–H and O–H groups in total. The second-order valence-electron chi connectivity index (χ2n) is 9.63. The van der Waals surface area contributed by atoms with Crippen molar-refractivity contribution in [2.45, 2.75) is 50.2 Å². The molecule has 0 spiro atoms. The Kier molecular flexibility index (Phi) is 7.95. The summed E-state index contributed by atoms with van der Waals surface area (Å²) in [7, 11) is 3.37. The van der Waals surface area contributed by atoms with Crippen molar-refractivity contribution in [1.82, 2.24) is 20.3 Å². The van der Waals surface area contributed by atoms with E-state index < -0.39 is 18.7 Å². The molecule has 3 heterocycles. The SMILES string of the molecule is COc1cc(-c2ccc(CN[C@H]3C[C@@H](O)[C@@H](N(C)c4ncnc5sc(CC(F)(F)F)cc45)C3)cc2)cnc1Cl. The van der Waals surface area contributed by atoms with Crippen LogP contribution >= 0.6 is 22.9 Å². The normalized spacial score (nSPS) is 19.5. The van der Waals surface area contributed by atoms with Crippen molar-refractivity contribution in [1.29, 1.82) is 0 Å². The fraction of sp³-hybridized carbons (Fsp3) is 0.370. The van der Waals surface area contributed by atoms with Crippen molar-refractivity contribution < 1.29 is 23.0 Å². The van der Waals surface area contributed by atoms with Crippen molar-refractivity contribution in [3.05, 3.63) is 64.5 Å². The van der Waals surface area contributed by atoms with Gasteiger partial charge in [-0.15, -0.1) is 11.3 Å². The average molecular weight is 578 g/mol. The molecule has 0 radical (unpaired) electrons. The number of hydrogen-bond acceptors (Lipinski definition) is 8. The number of likely N-dealkylation sites (N-methyl/N-ethyl adjacent to an activating group) is 1. The number of thiophene rings is 1. The number of anilines is 1. The van der Waals surface area contributed by atoms with E-state index in [4.69, 9.17) is 16.3 Å². The van der Waals surface area contributed by atoms with Crippen molar-refractivity contribution >= 4 is 39.0 Å². The number of aromatic nitrogens is 3. The number of aliphatic hydroxyl groups is 1. The second kappa shape index (κ2) is 11.2. The molecule has 1 aliphatic carbocycles. The van der Waals surface area contributed by atoms with Crippen LogP contribution < -0.4 is 15.0 Å². The monoisotopic (exact) mass is 577 g/mol. The van der Waals surface area contributed by atoms with E-state index in [1.165, 1.54) is 12.4 Å². The number of methoxy groups -OCH3 is 1. The Hall–Kier alpha value is -2.99. The summed E-state index contributed by atoms with van der Waals surface area (Å²) in [5.41, 5.74) is 2.98. The Morgan fingerprint density at radius 1 is 1.13 bits per heavy atom. The summed E-state index contributed by atoms with van der Waals surface area (Å²) in [6.07, 6.45) is -1.62. The highest BCUT2D eigenvalue weighted by molar-refractivity contribution is 7.18. The molecule has 0 aliphatic heterocycles. The Labute approximate surface area is 232 Å². The van der Waals surface area contributed by atoms with E-state index in [1.54, 1.807) is 13.3 Å². The molecule has 7 nitrogen and oxygen atoms in total. The minimum Gasteiger partial charge on any atom is -0.494 e. The third-order valence-electron chi connectivity index (χ3n) is 6.97. The number of nitrogens with one attached hydrogen (secondary N) is 1. The summed E-state index contributed by atoms with van der Waals surface area (Å²) >= 11 is 7.05. The number of benzene rings is 1. The predicted octanol–water partition coefficient (Wildman–Crippen LogP) is 5.64. The van der Waals surface area contributed by atoms with Gasteiger partial charge < -0.3 is 20.1 Å². The number of alkyl halides is 3. The van der Waals surface area contributed by atoms with E-state index >= 15 is 0 Å². The number of rotatable bonds is 8. The summed E-state index contributed by atoms with van der Waals surface area (Å²) in [6.45, 7) is 0.624. The number of fused-ring (bicyclic) bond motifs is 1. The standard InChI is InChI=1S/C27H27ClF3N5O2S/c1-36(25-20-10-19(11-27(29,30)31)39-26(20)35-14-34-25)21-8-18(9-22(21)37)32-12-15-3-5-16(6-4-15)17-7-23(38-2)24(28)33-13-17/h3-7,10,13-14,18,21-22,32,37H,8-9,11-12H2,1-2H3/t18-,21+,22-/m1/s1. The fourth-order valence-electron chi connectivity index (χ4n) is 5.00. The number of pyridine rings is 1. The van der Waals surface area contributed by atoms with Gasteiger partial charge in [-0.1, -0.05) is 35.9 Å². The third-order valence-corrected chi connectivity index (χ3v) is 8.30. The lowest BCUT2D eigenvalue weighted by Crippen LogP contribution is -2.38. The third kappa shape index (κ3) is 6.27. The second-order valence-corrected chi connectivity index (χ2v) is 11.1. The topological polar surface area (TPSA) is 83.4 Å². The van der Waals surface area contributed by atoms with Crippen molar-refractivity contribution in [3.63, 3.8) is 0 Å². The first-order valence-corrected chi connectivity index (χ1v) is 13.5. The van der Waals surface area contributed by atoms with Crippen LogP contribution in [0.4, 0.5) is 19.0 Å². The molecular formula is C27H27ClF3N5O2S. The molecule has 4 aromatic rings. The molecule has 1 aliphatic rings. The van der Waals surface area contributed by atoms with Crippen molar-refractivity contribution in [3.8, 4) is 16.9 Å². The maximum absolute atomic E-state index is 12.9. The fourth-order valence-corrected chi connectivity index (χ4v) is 6.20. The smallest absolute Gasteiger partial charge is 0.393 e. The van der Waals surface area contributed by atoms with Gasteiger partial charge in [0, 0.05) is 36.3 Å². The van der Waals surface area contributed by atoms with Gasteiger partial charge in [-0.25, -0.2) is 15.0 Å². The number of aliphatic hydroxyl groups excluding tert-OH is 1. The van der Waals surface area contributed by atoms with Crippen LogP contribution in [0.2, 0.25) is 5.15 Å². The predicted molar refractivity (Wildman–Crippen MR) is 146 cm³/mol. The maximum Gasteiger partial charge on any atom is 0.393 e. The first-order valence-electron chi connectivity index (χ1n) is 12.3. The quantitative estimate of drug-likeness (QED) is 0.262. The van der Waals surface area contributed by atoms with Gasteiger partial charge in [0.2, 0.25) is 0 Å². The van der Waals surface area contributed by atoms with Gasteiger partial charge in [0.05, 0.1) is 31.1 Å². The Morgan fingerprint density at radius 2 is 1.90 bits per heavy atom. The van der Waals surface area contributed by atoms with Crippen LogP contribution in [0, 0.1) is 0 Å². The average Bonchev–Trinajstić information content (AvgIpc) is 3.48. The maximum atomic E-state index is 12.9. The Morgan fingerprint density at radius 3 is 2.62 bits per heavy atom. The van der Waals surface area contributed by atoms with Crippen LogP contribution in [0.15, 0.2) is 48.9 Å². The van der Waals surface area contributed by atoms with Gasteiger partial charge in [-0.05, 0) is 36.1 Å². The molecule has 12 heteroatoms. The minimum atomic E-state index is -4.29. The minimum absolute atomic E-state index is 0.0671.